The molecule has 0 saturated heterocycles. The molecule has 0 saturated carbocycles. The van der Waals surface area contributed by atoms with Crippen molar-refractivity contribution >= 4 is 27.6 Å². The molecule has 0 aliphatic carbocycles. The Balaban J connectivity index is 2.25. The Morgan fingerprint density at radius 1 is 1.25 bits per heavy atom. The zero-order valence-corrected chi connectivity index (χ0v) is 14.3. The molecule has 128 valence electrons. The van der Waals surface area contributed by atoms with E-state index in [1.807, 2.05) is 0 Å². The average molecular weight is 372 g/mol. The molecule has 2 rings (SSSR count). The molecule has 0 heterocycles. The second kappa shape index (κ2) is 7.74. The standard InChI is InChI=1S/C16H15ClFNO4S/c1-23-16(20)15(9-11-5-7-12(17)8-6-11)19-24(21,22)14-4-2-3-13(18)10-14/h2-8,10,15,19H,9H2,1H3. The van der Waals surface area contributed by atoms with Gasteiger partial charge in [0.1, 0.15) is 11.9 Å². The van der Waals surface area contributed by atoms with E-state index in [-0.39, 0.29) is 11.3 Å². The van der Waals surface area contributed by atoms with Crippen LogP contribution in [0.15, 0.2) is 53.4 Å². The van der Waals surface area contributed by atoms with Gasteiger partial charge in [-0.25, -0.2) is 12.8 Å². The van der Waals surface area contributed by atoms with Gasteiger partial charge >= 0.3 is 5.97 Å². The summed E-state index contributed by atoms with van der Waals surface area (Å²) in [6.07, 6.45) is 0.0678. The average Bonchev–Trinajstić information content (AvgIpc) is 2.55. The molecule has 1 N–H and O–H groups in total. The summed E-state index contributed by atoms with van der Waals surface area (Å²) in [7, 11) is -2.92. The van der Waals surface area contributed by atoms with Crippen LogP contribution in [0.1, 0.15) is 5.56 Å². The smallest absolute Gasteiger partial charge is 0.324 e. The lowest BCUT2D eigenvalue weighted by atomic mass is 10.1. The Bertz CT molecular complexity index is 824. The molecule has 0 aliphatic heterocycles. The summed E-state index contributed by atoms with van der Waals surface area (Å²) in [6, 6.07) is 9.98. The second-order valence-corrected chi connectivity index (χ2v) is 7.14. The maximum Gasteiger partial charge on any atom is 0.324 e. The van der Waals surface area contributed by atoms with Crippen molar-refractivity contribution in [3.63, 3.8) is 0 Å². The maximum absolute atomic E-state index is 13.2. The summed E-state index contributed by atoms with van der Waals surface area (Å²) >= 11 is 5.80. The number of benzene rings is 2. The third-order valence-corrected chi connectivity index (χ3v) is 4.96. The zero-order chi connectivity index (χ0) is 17.7. The van der Waals surface area contributed by atoms with Crippen molar-refractivity contribution in [2.24, 2.45) is 0 Å². The number of sulfonamides is 1. The molecule has 5 nitrogen and oxygen atoms in total. The van der Waals surface area contributed by atoms with Crippen molar-refractivity contribution in [2.75, 3.05) is 7.11 Å². The molecule has 0 aromatic heterocycles. The molecule has 0 spiro atoms. The van der Waals surface area contributed by atoms with E-state index < -0.39 is 27.9 Å². The van der Waals surface area contributed by atoms with Crippen LogP contribution in [0.2, 0.25) is 5.02 Å². The number of halogens is 2. The molecule has 24 heavy (non-hydrogen) atoms. The molecule has 0 amide bonds. The Labute approximate surface area is 144 Å². The number of hydrogen-bond acceptors (Lipinski definition) is 4. The predicted molar refractivity (Wildman–Crippen MR) is 87.7 cm³/mol. The van der Waals surface area contributed by atoms with Gasteiger partial charge in [-0.15, -0.1) is 0 Å². The number of methoxy groups -OCH3 is 1. The first-order chi connectivity index (χ1) is 11.3. The largest absolute Gasteiger partial charge is 0.468 e. The van der Waals surface area contributed by atoms with Gasteiger partial charge in [-0.1, -0.05) is 29.8 Å². The number of rotatable bonds is 6. The van der Waals surface area contributed by atoms with Gasteiger partial charge in [0, 0.05) is 5.02 Å². The Morgan fingerprint density at radius 3 is 2.50 bits per heavy atom. The maximum atomic E-state index is 13.2. The Kier molecular flexibility index (Phi) is 5.93. The highest BCUT2D eigenvalue weighted by Crippen LogP contribution is 2.15. The SMILES string of the molecule is COC(=O)C(Cc1ccc(Cl)cc1)NS(=O)(=O)c1cccc(F)c1. The quantitative estimate of drug-likeness (QED) is 0.792. The van der Waals surface area contributed by atoms with E-state index in [0.29, 0.717) is 10.6 Å². The normalized spacial score (nSPS) is 12.6. The van der Waals surface area contributed by atoms with Crippen LogP contribution in [-0.2, 0) is 26.0 Å². The van der Waals surface area contributed by atoms with Gasteiger partial charge < -0.3 is 4.74 Å². The first-order valence-electron chi connectivity index (χ1n) is 6.92. The number of carbonyl (C=O) groups is 1. The van der Waals surface area contributed by atoms with Crippen LogP contribution < -0.4 is 4.72 Å². The predicted octanol–water partition coefficient (Wildman–Crippen LogP) is 2.54. The lowest BCUT2D eigenvalue weighted by Gasteiger charge is -2.17. The molecule has 8 heteroatoms. The lowest BCUT2D eigenvalue weighted by molar-refractivity contribution is -0.142. The monoisotopic (exact) mass is 371 g/mol. The van der Waals surface area contributed by atoms with E-state index in [9.17, 15) is 17.6 Å². The molecule has 2 aromatic carbocycles. The molecule has 0 aliphatic rings. The van der Waals surface area contributed by atoms with Gasteiger partial charge in [-0.05, 0) is 42.3 Å². The molecule has 0 fully saturated rings. The van der Waals surface area contributed by atoms with E-state index >= 15 is 0 Å². The minimum absolute atomic E-state index is 0.0678. The third-order valence-electron chi connectivity index (χ3n) is 3.24. The number of esters is 1. The highest BCUT2D eigenvalue weighted by molar-refractivity contribution is 7.89. The molecule has 1 atom stereocenters. The van der Waals surface area contributed by atoms with E-state index in [1.165, 1.54) is 12.1 Å². The number of hydrogen-bond donors (Lipinski definition) is 1. The topological polar surface area (TPSA) is 72.5 Å². The summed E-state index contributed by atoms with van der Waals surface area (Å²) in [5, 5.41) is 0.522. The Hall–Kier alpha value is -1.96. The van der Waals surface area contributed by atoms with Gasteiger partial charge in [0.2, 0.25) is 10.0 Å². The summed E-state index contributed by atoms with van der Waals surface area (Å²) < 4.78 is 44.9. The number of nitrogens with one attached hydrogen (secondary N) is 1. The van der Waals surface area contributed by atoms with Crippen LogP contribution in [0.5, 0.6) is 0 Å². The van der Waals surface area contributed by atoms with Crippen molar-refractivity contribution in [1.29, 1.82) is 0 Å². The van der Waals surface area contributed by atoms with E-state index in [0.717, 1.165) is 19.2 Å². The van der Waals surface area contributed by atoms with Crippen molar-refractivity contribution in [3.05, 3.63) is 64.9 Å². The summed E-state index contributed by atoms with van der Waals surface area (Å²) in [5.41, 5.74) is 0.691. The second-order valence-electron chi connectivity index (χ2n) is 4.98. The third kappa shape index (κ3) is 4.77. The Morgan fingerprint density at radius 2 is 1.92 bits per heavy atom. The van der Waals surface area contributed by atoms with Crippen molar-refractivity contribution in [2.45, 2.75) is 17.4 Å². The van der Waals surface area contributed by atoms with Crippen LogP contribution in [0.25, 0.3) is 0 Å². The molecule has 0 bridgehead atoms. The summed E-state index contributed by atoms with van der Waals surface area (Å²) in [5.74, 6) is -1.44. The van der Waals surface area contributed by atoms with E-state index in [4.69, 9.17) is 11.6 Å². The molecular weight excluding hydrogens is 357 g/mol. The van der Waals surface area contributed by atoms with Gasteiger partial charge in [0.25, 0.3) is 0 Å². The number of ether oxygens (including phenoxy) is 1. The van der Waals surface area contributed by atoms with Crippen molar-refractivity contribution in [3.8, 4) is 0 Å². The fourth-order valence-electron chi connectivity index (χ4n) is 2.06. The minimum atomic E-state index is -4.08. The first-order valence-corrected chi connectivity index (χ1v) is 8.78. The summed E-state index contributed by atoms with van der Waals surface area (Å²) in [6.45, 7) is 0. The molecule has 2 aromatic rings. The van der Waals surface area contributed by atoms with Crippen LogP contribution in [-0.4, -0.2) is 27.5 Å². The molecule has 0 radical (unpaired) electrons. The number of carbonyl (C=O) groups excluding carboxylic acids is 1. The highest BCUT2D eigenvalue weighted by atomic mass is 35.5. The van der Waals surface area contributed by atoms with Crippen LogP contribution in [0.3, 0.4) is 0 Å². The van der Waals surface area contributed by atoms with Gasteiger partial charge in [0.05, 0.1) is 12.0 Å². The summed E-state index contributed by atoms with van der Waals surface area (Å²) in [4.78, 5) is 11.6. The fourth-order valence-corrected chi connectivity index (χ4v) is 3.40. The highest BCUT2D eigenvalue weighted by Gasteiger charge is 2.27. The minimum Gasteiger partial charge on any atom is -0.468 e. The lowest BCUT2D eigenvalue weighted by Crippen LogP contribution is -2.43. The van der Waals surface area contributed by atoms with Gasteiger partial charge in [-0.3, -0.25) is 4.79 Å². The van der Waals surface area contributed by atoms with Gasteiger partial charge in [0.15, 0.2) is 0 Å². The van der Waals surface area contributed by atoms with Gasteiger partial charge in [-0.2, -0.15) is 4.72 Å². The van der Waals surface area contributed by atoms with Crippen LogP contribution >= 0.6 is 11.6 Å². The van der Waals surface area contributed by atoms with Crippen LogP contribution in [0, 0.1) is 5.82 Å². The molecule has 1 unspecified atom stereocenters. The van der Waals surface area contributed by atoms with E-state index in [1.54, 1.807) is 24.3 Å². The van der Waals surface area contributed by atoms with Crippen molar-refractivity contribution in [1.82, 2.24) is 4.72 Å². The van der Waals surface area contributed by atoms with Crippen LogP contribution in [0.4, 0.5) is 4.39 Å². The van der Waals surface area contributed by atoms with Crippen molar-refractivity contribution < 1.29 is 22.3 Å². The first kappa shape index (κ1) is 18.4. The fraction of sp³-hybridized carbons (Fsp3) is 0.188. The molecular formula is C16H15ClFNO4S. The zero-order valence-electron chi connectivity index (χ0n) is 12.7. The van der Waals surface area contributed by atoms with E-state index in [2.05, 4.69) is 9.46 Å².